The van der Waals surface area contributed by atoms with Crippen LogP contribution in [0, 0.1) is 12.7 Å². The van der Waals surface area contributed by atoms with E-state index in [1.165, 1.54) is 6.07 Å². The molecule has 2 aromatic heterocycles. The lowest BCUT2D eigenvalue weighted by Gasteiger charge is -2.03. The van der Waals surface area contributed by atoms with Crippen LogP contribution in [0.4, 0.5) is 10.3 Å². The Balaban J connectivity index is 2.21. The molecule has 3 aromatic rings. The number of furan rings is 1. The Hall–Kier alpha value is -2.43. The Morgan fingerprint density at radius 1 is 1.32 bits per heavy atom. The van der Waals surface area contributed by atoms with Crippen LogP contribution in [-0.2, 0) is 0 Å². The van der Waals surface area contributed by atoms with Gasteiger partial charge in [0, 0.05) is 18.6 Å². The average Bonchev–Trinajstić information content (AvgIpc) is 2.84. The minimum absolute atomic E-state index is 0.251. The van der Waals surface area contributed by atoms with E-state index in [-0.39, 0.29) is 11.4 Å². The molecule has 19 heavy (non-hydrogen) atoms. The molecule has 0 fully saturated rings. The molecule has 0 amide bonds. The zero-order valence-electron chi connectivity index (χ0n) is 10.6. The first-order valence-corrected chi connectivity index (χ1v) is 5.89. The van der Waals surface area contributed by atoms with E-state index in [1.807, 2.05) is 6.92 Å². The highest BCUT2D eigenvalue weighted by atomic mass is 19.1. The molecule has 0 saturated carbocycles. The molecule has 0 spiro atoms. The third-order valence-corrected chi connectivity index (χ3v) is 2.92. The highest BCUT2D eigenvalue weighted by molar-refractivity contribution is 5.83. The first kappa shape index (κ1) is 11.6. The van der Waals surface area contributed by atoms with Crippen molar-refractivity contribution < 1.29 is 8.81 Å². The van der Waals surface area contributed by atoms with Crippen molar-refractivity contribution in [2.75, 3.05) is 12.4 Å². The van der Waals surface area contributed by atoms with E-state index in [0.717, 1.165) is 10.9 Å². The molecule has 1 N–H and O–H groups in total. The SMILES string of the molecule is CNc1ncc(C)c(-c2cc3cccc(F)c3o2)n1. The minimum Gasteiger partial charge on any atom is -0.451 e. The van der Waals surface area contributed by atoms with Gasteiger partial charge in [0.25, 0.3) is 0 Å². The fraction of sp³-hybridized carbons (Fsp3) is 0.143. The van der Waals surface area contributed by atoms with Gasteiger partial charge in [-0.1, -0.05) is 12.1 Å². The first-order chi connectivity index (χ1) is 9.19. The van der Waals surface area contributed by atoms with Gasteiger partial charge in [0.15, 0.2) is 17.2 Å². The van der Waals surface area contributed by atoms with Gasteiger partial charge in [0.05, 0.1) is 0 Å². The molecular formula is C14H12FN3O. The molecule has 0 aliphatic heterocycles. The summed E-state index contributed by atoms with van der Waals surface area (Å²) in [4.78, 5) is 8.46. The van der Waals surface area contributed by atoms with Gasteiger partial charge in [0.2, 0.25) is 5.95 Å². The smallest absolute Gasteiger partial charge is 0.223 e. The van der Waals surface area contributed by atoms with Crippen molar-refractivity contribution >= 4 is 16.9 Å². The van der Waals surface area contributed by atoms with Crippen molar-refractivity contribution in [1.29, 1.82) is 0 Å². The van der Waals surface area contributed by atoms with Crippen LogP contribution in [0.1, 0.15) is 5.56 Å². The number of aryl methyl sites for hydroxylation is 1. The topological polar surface area (TPSA) is 51.0 Å². The van der Waals surface area contributed by atoms with Crippen molar-refractivity contribution in [2.45, 2.75) is 6.92 Å². The normalized spacial score (nSPS) is 10.9. The summed E-state index contributed by atoms with van der Waals surface area (Å²) >= 11 is 0. The fourth-order valence-corrected chi connectivity index (χ4v) is 1.96. The molecule has 96 valence electrons. The zero-order valence-corrected chi connectivity index (χ0v) is 10.6. The maximum atomic E-state index is 13.6. The number of nitrogens with zero attached hydrogens (tertiary/aromatic N) is 2. The van der Waals surface area contributed by atoms with Gasteiger partial charge in [-0.3, -0.25) is 0 Å². The largest absolute Gasteiger partial charge is 0.451 e. The molecule has 3 rings (SSSR count). The Bertz CT molecular complexity index is 752. The number of hydrogen-bond donors (Lipinski definition) is 1. The highest BCUT2D eigenvalue weighted by Gasteiger charge is 2.13. The van der Waals surface area contributed by atoms with Crippen LogP contribution in [0.3, 0.4) is 0 Å². The van der Waals surface area contributed by atoms with Gasteiger partial charge in [0.1, 0.15) is 5.69 Å². The lowest BCUT2D eigenvalue weighted by atomic mass is 10.2. The van der Waals surface area contributed by atoms with Gasteiger partial charge in [-0.15, -0.1) is 0 Å². The first-order valence-electron chi connectivity index (χ1n) is 5.89. The maximum absolute atomic E-state index is 13.6. The van der Waals surface area contributed by atoms with Crippen LogP contribution in [0.15, 0.2) is 34.9 Å². The number of para-hydroxylation sites is 1. The van der Waals surface area contributed by atoms with E-state index in [4.69, 9.17) is 4.42 Å². The quantitative estimate of drug-likeness (QED) is 0.764. The van der Waals surface area contributed by atoms with Gasteiger partial charge in [-0.05, 0) is 24.6 Å². The van der Waals surface area contributed by atoms with Crippen molar-refractivity contribution in [3.63, 3.8) is 0 Å². The predicted molar refractivity (Wildman–Crippen MR) is 71.5 cm³/mol. The van der Waals surface area contributed by atoms with E-state index in [2.05, 4.69) is 15.3 Å². The molecule has 0 radical (unpaired) electrons. The van der Waals surface area contributed by atoms with Crippen molar-refractivity contribution in [1.82, 2.24) is 9.97 Å². The molecule has 0 saturated heterocycles. The second kappa shape index (κ2) is 4.35. The predicted octanol–water partition coefficient (Wildman–Crippen LogP) is 3.38. The van der Waals surface area contributed by atoms with Crippen LogP contribution < -0.4 is 5.32 Å². The average molecular weight is 257 g/mol. The fourth-order valence-electron chi connectivity index (χ4n) is 1.96. The van der Waals surface area contributed by atoms with Crippen molar-refractivity contribution in [3.05, 3.63) is 41.8 Å². The van der Waals surface area contributed by atoms with E-state index in [1.54, 1.807) is 31.4 Å². The van der Waals surface area contributed by atoms with Crippen LogP contribution in [0.2, 0.25) is 0 Å². The van der Waals surface area contributed by atoms with Gasteiger partial charge >= 0.3 is 0 Å². The summed E-state index contributed by atoms with van der Waals surface area (Å²) < 4.78 is 19.2. The standard InChI is InChI=1S/C14H12FN3O/c1-8-7-17-14(16-2)18-12(8)11-6-9-4-3-5-10(15)13(9)19-11/h3-7H,1-2H3,(H,16,17,18). The summed E-state index contributed by atoms with van der Waals surface area (Å²) in [5, 5.41) is 3.59. The van der Waals surface area contributed by atoms with Gasteiger partial charge in [-0.25, -0.2) is 14.4 Å². The van der Waals surface area contributed by atoms with E-state index in [0.29, 0.717) is 17.4 Å². The van der Waals surface area contributed by atoms with E-state index in [9.17, 15) is 4.39 Å². The van der Waals surface area contributed by atoms with Crippen LogP contribution in [0.25, 0.3) is 22.4 Å². The maximum Gasteiger partial charge on any atom is 0.223 e. The Kier molecular flexibility index (Phi) is 2.67. The molecule has 0 atom stereocenters. The monoisotopic (exact) mass is 257 g/mol. The molecule has 0 aliphatic carbocycles. The zero-order chi connectivity index (χ0) is 13.4. The third-order valence-electron chi connectivity index (χ3n) is 2.92. The van der Waals surface area contributed by atoms with E-state index < -0.39 is 0 Å². The van der Waals surface area contributed by atoms with Crippen LogP contribution in [0.5, 0.6) is 0 Å². The van der Waals surface area contributed by atoms with E-state index >= 15 is 0 Å². The highest BCUT2D eigenvalue weighted by Crippen LogP contribution is 2.30. The van der Waals surface area contributed by atoms with Gasteiger partial charge < -0.3 is 9.73 Å². The second-order valence-corrected chi connectivity index (χ2v) is 4.24. The van der Waals surface area contributed by atoms with Crippen molar-refractivity contribution in [2.24, 2.45) is 0 Å². The lowest BCUT2D eigenvalue weighted by molar-refractivity contribution is 0.567. The Labute approximate surface area is 109 Å². The summed E-state index contributed by atoms with van der Waals surface area (Å²) in [6.07, 6.45) is 1.71. The number of nitrogens with one attached hydrogen (secondary N) is 1. The molecule has 0 bridgehead atoms. The number of hydrogen-bond acceptors (Lipinski definition) is 4. The molecule has 2 heterocycles. The summed E-state index contributed by atoms with van der Waals surface area (Å²) in [5.41, 5.74) is 1.79. The van der Waals surface area contributed by atoms with Crippen LogP contribution >= 0.6 is 0 Å². The number of anilines is 1. The van der Waals surface area contributed by atoms with Crippen molar-refractivity contribution in [3.8, 4) is 11.5 Å². The molecule has 5 heteroatoms. The molecule has 4 nitrogen and oxygen atoms in total. The lowest BCUT2D eigenvalue weighted by Crippen LogP contribution is -1.98. The third kappa shape index (κ3) is 1.93. The number of halogens is 1. The summed E-state index contributed by atoms with van der Waals surface area (Å²) in [6, 6.07) is 6.62. The molecule has 0 aliphatic rings. The van der Waals surface area contributed by atoms with Crippen LogP contribution in [-0.4, -0.2) is 17.0 Å². The summed E-state index contributed by atoms with van der Waals surface area (Å²) in [5.74, 6) is 0.669. The van der Waals surface area contributed by atoms with Gasteiger partial charge in [-0.2, -0.15) is 0 Å². The Morgan fingerprint density at radius 3 is 2.89 bits per heavy atom. The molecular weight excluding hydrogens is 245 g/mol. The summed E-state index contributed by atoms with van der Waals surface area (Å²) in [7, 11) is 1.74. The molecule has 0 unspecified atom stereocenters. The number of benzene rings is 1. The molecule has 1 aromatic carbocycles. The number of fused-ring (bicyclic) bond motifs is 1. The summed E-state index contributed by atoms with van der Waals surface area (Å²) in [6.45, 7) is 1.89. The second-order valence-electron chi connectivity index (χ2n) is 4.24. The minimum atomic E-state index is -0.371. The Morgan fingerprint density at radius 2 is 2.16 bits per heavy atom. The number of rotatable bonds is 2. The number of aromatic nitrogens is 2.